The second-order valence-electron chi connectivity index (χ2n) is 35.6. The Balaban J connectivity index is 1.44. The van der Waals surface area contributed by atoms with E-state index in [9.17, 15) is 135 Å². The molecular formula is C85H129N23O31S. The van der Waals surface area contributed by atoms with Crippen LogP contribution in [-0.2, 0) is 119 Å². The van der Waals surface area contributed by atoms with Gasteiger partial charge in [-0.3, -0.25) is 101 Å². The number of fused-ring (bicyclic) bond motifs is 1. The van der Waals surface area contributed by atoms with E-state index in [1.54, 1.807) is 44.2 Å². The van der Waals surface area contributed by atoms with Crippen molar-refractivity contribution in [2.75, 3.05) is 25.4 Å². The standard InChI is InChI=1S/C85H129N23O31S/c1-35(2)29-46(98-73(124)47(30-41-17-12-11-13-18-41)99-74(125)49(33-56(88)112)97-68(119)39(9)93-72(123)48(32-55(87)111)100-78(129)59(89)40(10)109)75(126)104-62(38(7)8)81(132)101-50(31-42-58-63(106-69(42)120)65(116)67(118)66(117)64(58)115)82(133)108-28-16-21-53(108)83(134)107-27-15-20-52(107)77(128)102-51(34-140(137,138)139)76(127)105-61(37(5)6)80(131)95-44(23-25-57(113)114)71(122)103-60(36(3)4)79(130)94-43(22-24-54(86)110)70(121)96-45(84(135)136)19-14-26-92-85(90)91/h11-13,17-18,35-40,43-53,59-62,106,109,115-118,120H,14-16,19-34,89H2,1-10H3,(H2,86,110)(H2,87,111)(H2,88,112)(H,93,123)(H,94,130)(H,95,131)(H,96,121)(H,97,119)(H,98,124)(H,99,125)(H,100,129)(H,101,132)(H,102,128)(H,103,122)(H,104,126)(H,105,127)(H,113,114)(H,135,136)(H4,90,91,92)(H,137,138,139)/t39-,40+,43-,44-,45-,46-,47-,48-,49-,50-,51-,52-,53-,59-,60-,61-,62-/m0/s1. The van der Waals surface area contributed by atoms with Gasteiger partial charge in [-0.1, -0.05) is 85.7 Å². The molecule has 3 aromatic rings. The lowest BCUT2D eigenvalue weighted by Gasteiger charge is -2.34. The number of aromatic amines is 1. The molecule has 54 nitrogen and oxygen atoms in total. The number of aliphatic carboxylic acids is 2. The molecule has 18 amide bonds. The first-order chi connectivity index (χ1) is 65.2. The zero-order valence-electron chi connectivity index (χ0n) is 78.6. The number of aliphatic hydroxyl groups is 1. The van der Waals surface area contributed by atoms with E-state index in [1.165, 1.54) is 48.5 Å². The molecular weight excluding hydrogens is 1870 g/mol. The Labute approximate surface area is 802 Å². The number of hydrogen-bond donors (Lipinski definition) is 30. The van der Waals surface area contributed by atoms with E-state index in [0.29, 0.717) is 5.56 Å². The summed E-state index contributed by atoms with van der Waals surface area (Å²) in [5.74, 6) is -35.0. The van der Waals surface area contributed by atoms with Crippen LogP contribution in [0.3, 0.4) is 0 Å². The maximum atomic E-state index is 15.6. The third-order valence-corrected chi connectivity index (χ3v) is 23.5. The first kappa shape index (κ1) is 116. The monoisotopic (exact) mass is 2000 g/mol. The molecule has 140 heavy (non-hydrogen) atoms. The van der Waals surface area contributed by atoms with Gasteiger partial charge < -0.3 is 159 Å². The first-order valence-corrected chi connectivity index (χ1v) is 46.4. The minimum Gasteiger partial charge on any atom is -0.504 e. The van der Waals surface area contributed by atoms with Crippen molar-refractivity contribution in [2.45, 2.75) is 268 Å². The van der Waals surface area contributed by atoms with E-state index in [4.69, 9.17) is 34.1 Å². The normalized spacial score (nSPS) is 16.9. The van der Waals surface area contributed by atoms with Crippen molar-refractivity contribution in [3.05, 3.63) is 41.5 Å². The summed E-state index contributed by atoms with van der Waals surface area (Å²) < 4.78 is 35.8. The molecule has 0 bridgehead atoms. The number of rotatable bonds is 55. The smallest absolute Gasteiger partial charge is 0.326 e. The summed E-state index contributed by atoms with van der Waals surface area (Å²) in [6.45, 7) is 13.4. The van der Waals surface area contributed by atoms with Crippen LogP contribution in [0.4, 0.5) is 0 Å². The van der Waals surface area contributed by atoms with Crippen LogP contribution in [0.5, 0.6) is 28.9 Å². The van der Waals surface area contributed by atoms with Crippen LogP contribution in [0.15, 0.2) is 30.3 Å². The molecule has 0 spiro atoms. The lowest BCUT2D eigenvalue weighted by atomic mass is 9.97. The van der Waals surface area contributed by atoms with Crippen molar-refractivity contribution >= 4 is 145 Å². The Kier molecular flexibility index (Phi) is 43.8. The van der Waals surface area contributed by atoms with Crippen molar-refractivity contribution < 1.29 is 150 Å². The van der Waals surface area contributed by atoms with Gasteiger partial charge in [-0.15, -0.1) is 0 Å². The van der Waals surface area contributed by atoms with E-state index in [0.717, 1.165) is 16.7 Å². The van der Waals surface area contributed by atoms with Gasteiger partial charge in [0.15, 0.2) is 23.3 Å². The van der Waals surface area contributed by atoms with Crippen LogP contribution < -0.4 is 103 Å². The number of carbonyl (C=O) groups excluding carboxylic acids is 18. The lowest BCUT2D eigenvalue weighted by molar-refractivity contribution is -0.148. The Bertz CT molecular complexity index is 5190. The van der Waals surface area contributed by atoms with E-state index in [2.05, 4.69) is 79.4 Å². The van der Waals surface area contributed by atoms with Crippen LogP contribution in [-0.4, -0.2) is 321 Å². The van der Waals surface area contributed by atoms with Gasteiger partial charge in [0.05, 0.1) is 29.8 Å². The number of carboxylic acids is 2. The molecule has 0 radical (unpaired) electrons. The summed E-state index contributed by atoms with van der Waals surface area (Å²) in [4.78, 5) is 280. The largest absolute Gasteiger partial charge is 0.504 e. The maximum Gasteiger partial charge on any atom is 0.326 e. The fourth-order valence-corrected chi connectivity index (χ4v) is 15.9. The molecule has 2 aromatic carbocycles. The number of likely N-dealkylation sites (tertiary alicyclic amines) is 2. The molecule has 17 atom stereocenters. The number of aromatic hydroxyl groups is 5. The molecule has 5 rings (SSSR count). The number of hydrogen-bond acceptors (Lipinski definition) is 30. The summed E-state index contributed by atoms with van der Waals surface area (Å²) in [5.41, 5.74) is 26.4. The highest BCUT2D eigenvalue weighted by Crippen LogP contribution is 2.51. The second-order valence-corrected chi connectivity index (χ2v) is 37.1. The van der Waals surface area contributed by atoms with Gasteiger partial charge in [0, 0.05) is 50.9 Å². The maximum absolute atomic E-state index is 15.6. The SMILES string of the molecule is CC(C)C[C@H](NC(=O)[C@H](Cc1ccccc1)NC(=O)[C@H](CC(N)=O)NC(=O)[C@H](C)NC(=O)[C@H](CC(N)=O)NC(=O)[C@@H](N)[C@@H](C)O)C(=O)N[C@H](C(=O)N[C@@H](Cc1c(O)[nH]c2c(O)c(O)c(O)c(O)c12)C(=O)N1CCC[C@H]1C(=O)N1CCC[C@H]1C(=O)N[C@@H](CS(=O)(=O)O)C(=O)N[C@H](C(=O)N[C@@H](CCC(=O)O)C(=O)N[C@H](C(=O)N[C@@H](CCC(N)=O)C(=O)N[C@@H](CCCNC(=N)N)C(=O)O)C(C)C)C(C)C)C(C)C. The van der Waals surface area contributed by atoms with Gasteiger partial charge in [-0.25, -0.2) is 4.79 Å². The number of H-pyrrole nitrogens is 1. The summed E-state index contributed by atoms with van der Waals surface area (Å²) in [7, 11) is -5.31. The molecule has 3 heterocycles. The number of benzene rings is 2. The van der Waals surface area contributed by atoms with Crippen LogP contribution in [0.1, 0.15) is 164 Å². The highest BCUT2D eigenvalue weighted by Gasteiger charge is 2.47. The number of amides is 18. The van der Waals surface area contributed by atoms with E-state index >= 15 is 14.4 Å². The molecule has 0 aliphatic carbocycles. The van der Waals surface area contributed by atoms with E-state index < -0.39 is 357 Å². The molecule has 776 valence electrons. The van der Waals surface area contributed by atoms with Crippen molar-refractivity contribution in [3.8, 4) is 28.9 Å². The van der Waals surface area contributed by atoms with Gasteiger partial charge >= 0.3 is 11.9 Å². The summed E-state index contributed by atoms with van der Waals surface area (Å²) in [6, 6.07) is -20.3. The number of carbonyl (C=O) groups is 20. The van der Waals surface area contributed by atoms with E-state index in [1.807, 2.05) is 0 Å². The van der Waals surface area contributed by atoms with Crippen LogP contribution in [0.25, 0.3) is 10.9 Å². The minimum absolute atomic E-state index is 0.00746. The molecule has 2 saturated heterocycles. The van der Waals surface area contributed by atoms with Crippen molar-refractivity contribution in [2.24, 2.45) is 52.3 Å². The quantitative estimate of drug-likeness (QED) is 0.00623. The van der Waals surface area contributed by atoms with Gasteiger partial charge in [0.1, 0.15) is 102 Å². The molecule has 0 unspecified atom stereocenters. The van der Waals surface area contributed by atoms with Crippen LogP contribution in [0, 0.1) is 29.1 Å². The molecule has 35 N–H and O–H groups in total. The van der Waals surface area contributed by atoms with Gasteiger partial charge in [-0.05, 0) is 101 Å². The van der Waals surface area contributed by atoms with Gasteiger partial charge in [0.2, 0.25) is 118 Å². The highest BCUT2D eigenvalue weighted by molar-refractivity contribution is 7.85. The molecule has 2 fully saturated rings. The number of primary amides is 3. The third kappa shape index (κ3) is 34.6. The lowest BCUT2D eigenvalue weighted by Crippen LogP contribution is -2.62. The minimum atomic E-state index is -5.31. The zero-order chi connectivity index (χ0) is 106. The van der Waals surface area contributed by atoms with Crippen molar-refractivity contribution in [1.82, 2.24) is 89.2 Å². The predicted octanol–water partition coefficient (Wildman–Crippen LogP) is -8.38. The van der Waals surface area contributed by atoms with Gasteiger partial charge in [0.25, 0.3) is 10.1 Å². The molecule has 0 saturated carbocycles. The average Bonchev–Trinajstić information content (AvgIpc) is 1.59. The predicted molar refractivity (Wildman–Crippen MR) is 490 cm³/mol. The Morgan fingerprint density at radius 2 is 0.907 bits per heavy atom. The summed E-state index contributed by atoms with van der Waals surface area (Å²) in [5, 5.41) is 124. The molecule has 2 aliphatic heterocycles. The van der Waals surface area contributed by atoms with Crippen LogP contribution in [0.2, 0.25) is 0 Å². The second kappa shape index (κ2) is 52.9. The molecule has 1 aromatic heterocycles. The number of nitrogens with zero attached hydrogens (tertiary/aromatic N) is 2. The topological polar surface area (TPSA) is 902 Å². The number of carboxylic acid groups (broad SMARTS) is 2. The number of phenolic OH excluding ortho intramolecular Hbond substituents is 4. The Morgan fingerprint density at radius 1 is 0.471 bits per heavy atom. The fraction of sp³-hybridized carbons (Fsp3) is 0.588. The number of aromatic nitrogens is 1. The van der Waals surface area contributed by atoms with Crippen LogP contribution >= 0.6 is 0 Å². The Hall–Kier alpha value is -14.5. The average molecular weight is 2000 g/mol. The first-order valence-electron chi connectivity index (χ1n) is 44.8. The number of guanidine groups is 1. The number of nitrogens with two attached hydrogens (primary N) is 5. The third-order valence-electron chi connectivity index (χ3n) is 22.8. The number of phenols is 4. The number of aliphatic hydroxyl groups excluding tert-OH is 1. The van der Waals surface area contributed by atoms with Crippen molar-refractivity contribution in [3.63, 3.8) is 0 Å². The number of nitrogens with one attached hydrogen (secondary N) is 16. The van der Waals surface area contributed by atoms with Gasteiger partial charge in [-0.2, -0.15) is 8.42 Å². The zero-order valence-corrected chi connectivity index (χ0v) is 79.5. The Morgan fingerprint density at radius 3 is 1.39 bits per heavy atom. The summed E-state index contributed by atoms with van der Waals surface area (Å²) >= 11 is 0. The highest BCUT2D eigenvalue weighted by atomic mass is 32.2. The van der Waals surface area contributed by atoms with E-state index in [-0.39, 0.29) is 71.0 Å². The molecule has 2 aliphatic rings. The summed E-state index contributed by atoms with van der Waals surface area (Å²) in [6.07, 6.45) is -7.80. The fourth-order valence-electron chi connectivity index (χ4n) is 15.3. The van der Waals surface area contributed by atoms with Crippen molar-refractivity contribution in [1.29, 1.82) is 5.41 Å². The molecule has 55 heteroatoms.